The van der Waals surface area contributed by atoms with Gasteiger partial charge in [0, 0.05) is 23.1 Å². The van der Waals surface area contributed by atoms with Gasteiger partial charge in [-0.15, -0.1) is 0 Å². The van der Waals surface area contributed by atoms with Crippen molar-refractivity contribution in [2.75, 3.05) is 22.1 Å². The Balaban J connectivity index is 1.41. The molecule has 0 saturated heterocycles. The van der Waals surface area contributed by atoms with E-state index in [1.54, 1.807) is 12.5 Å². The molecule has 6 rings (SSSR count). The van der Waals surface area contributed by atoms with E-state index in [9.17, 15) is 9.59 Å². The average Bonchev–Trinajstić information content (AvgIpc) is 3.35. The SMILES string of the molecule is CC1(C)CC(=O)C2=C(C1)Nc1ccccc1N(CC(=O)Nc1cnc3ccccc3c1)C2c1ccco1. The van der Waals surface area contributed by atoms with E-state index in [2.05, 4.69) is 29.5 Å². The zero-order valence-electron chi connectivity index (χ0n) is 20.8. The van der Waals surface area contributed by atoms with Gasteiger partial charge < -0.3 is 20.0 Å². The van der Waals surface area contributed by atoms with Gasteiger partial charge in [0.25, 0.3) is 0 Å². The lowest BCUT2D eigenvalue weighted by Gasteiger charge is -2.36. The van der Waals surface area contributed by atoms with E-state index in [4.69, 9.17) is 4.42 Å². The number of carbonyl (C=O) groups excluding carboxylic acids is 2. The van der Waals surface area contributed by atoms with Crippen molar-refractivity contribution in [2.45, 2.75) is 32.7 Å². The fourth-order valence-corrected chi connectivity index (χ4v) is 5.46. The number of fused-ring (bicyclic) bond motifs is 2. The highest BCUT2D eigenvalue weighted by atomic mass is 16.3. The minimum atomic E-state index is -0.537. The number of aromatic nitrogens is 1. The summed E-state index contributed by atoms with van der Waals surface area (Å²) in [5.74, 6) is 0.479. The highest BCUT2D eigenvalue weighted by Crippen LogP contribution is 2.48. The minimum absolute atomic E-state index is 0.0182. The van der Waals surface area contributed by atoms with Gasteiger partial charge in [-0.1, -0.05) is 44.2 Å². The predicted molar refractivity (Wildman–Crippen MR) is 144 cm³/mol. The molecule has 1 aliphatic carbocycles. The Morgan fingerprint density at radius 2 is 1.92 bits per heavy atom. The lowest BCUT2D eigenvalue weighted by molar-refractivity contribution is -0.119. The number of hydrogen-bond donors (Lipinski definition) is 2. The first-order valence-electron chi connectivity index (χ1n) is 12.4. The molecule has 0 radical (unpaired) electrons. The van der Waals surface area contributed by atoms with Gasteiger partial charge in [0.15, 0.2) is 5.78 Å². The van der Waals surface area contributed by atoms with Crippen molar-refractivity contribution in [3.05, 3.63) is 96.2 Å². The molecule has 0 fully saturated rings. The molecule has 2 N–H and O–H groups in total. The van der Waals surface area contributed by atoms with Crippen LogP contribution in [-0.4, -0.2) is 23.2 Å². The van der Waals surface area contributed by atoms with Gasteiger partial charge in [-0.25, -0.2) is 0 Å². The summed E-state index contributed by atoms with van der Waals surface area (Å²) < 4.78 is 5.87. The maximum absolute atomic E-state index is 13.6. The molecule has 1 unspecified atom stereocenters. The van der Waals surface area contributed by atoms with Crippen LogP contribution in [0.3, 0.4) is 0 Å². The summed E-state index contributed by atoms with van der Waals surface area (Å²) in [5.41, 5.74) is 4.55. The van der Waals surface area contributed by atoms with Crippen LogP contribution in [0.1, 0.15) is 38.5 Å². The number of allylic oxidation sites excluding steroid dienone is 1. The van der Waals surface area contributed by atoms with E-state index in [0.717, 1.165) is 34.4 Å². The number of pyridine rings is 1. The van der Waals surface area contributed by atoms with Crippen molar-refractivity contribution in [3.63, 3.8) is 0 Å². The molecule has 4 aromatic rings. The molecule has 186 valence electrons. The molecule has 1 aliphatic heterocycles. The van der Waals surface area contributed by atoms with Crippen LogP contribution in [0.25, 0.3) is 10.9 Å². The molecule has 0 saturated carbocycles. The molecule has 7 nitrogen and oxygen atoms in total. The van der Waals surface area contributed by atoms with Crippen LogP contribution in [-0.2, 0) is 9.59 Å². The molecule has 7 heteroatoms. The summed E-state index contributed by atoms with van der Waals surface area (Å²) >= 11 is 0. The number of Topliss-reactive ketones (excluding diaryl/α,β-unsaturated/α-hetero) is 1. The number of hydrogen-bond acceptors (Lipinski definition) is 6. The lowest BCUT2D eigenvalue weighted by Crippen LogP contribution is -2.40. The van der Waals surface area contributed by atoms with E-state index in [0.29, 0.717) is 23.4 Å². The third-order valence-electron chi connectivity index (χ3n) is 7.00. The van der Waals surface area contributed by atoms with Crippen molar-refractivity contribution in [2.24, 2.45) is 5.41 Å². The summed E-state index contributed by atoms with van der Waals surface area (Å²) in [5, 5.41) is 7.49. The maximum Gasteiger partial charge on any atom is 0.243 e. The van der Waals surface area contributed by atoms with Crippen LogP contribution in [0.15, 0.2) is 94.9 Å². The van der Waals surface area contributed by atoms with E-state index in [1.807, 2.05) is 71.6 Å². The third kappa shape index (κ3) is 4.37. The highest BCUT2D eigenvalue weighted by Gasteiger charge is 2.42. The zero-order valence-corrected chi connectivity index (χ0v) is 20.8. The number of ketones is 1. The van der Waals surface area contributed by atoms with E-state index in [1.165, 1.54) is 0 Å². The maximum atomic E-state index is 13.6. The molecular formula is C30H28N4O3. The summed E-state index contributed by atoms with van der Waals surface area (Å²) in [4.78, 5) is 33.5. The number of nitrogens with one attached hydrogen (secondary N) is 2. The molecule has 0 bridgehead atoms. The summed E-state index contributed by atoms with van der Waals surface area (Å²) in [7, 11) is 0. The molecule has 2 aromatic heterocycles. The van der Waals surface area contributed by atoms with Gasteiger partial charge >= 0.3 is 0 Å². The van der Waals surface area contributed by atoms with Crippen molar-refractivity contribution in [3.8, 4) is 0 Å². The van der Waals surface area contributed by atoms with Crippen LogP contribution in [0.4, 0.5) is 17.1 Å². The number of carbonyl (C=O) groups is 2. The summed E-state index contributed by atoms with van der Waals surface area (Å²) in [6.07, 6.45) is 4.43. The first-order chi connectivity index (χ1) is 17.9. The Kier molecular flexibility index (Phi) is 5.56. The van der Waals surface area contributed by atoms with Gasteiger partial charge in [0.1, 0.15) is 11.8 Å². The Morgan fingerprint density at radius 3 is 2.76 bits per heavy atom. The second kappa shape index (κ2) is 8.92. The molecule has 1 atom stereocenters. The number of amides is 1. The molecule has 37 heavy (non-hydrogen) atoms. The van der Waals surface area contributed by atoms with Crippen molar-refractivity contribution in [1.29, 1.82) is 0 Å². The van der Waals surface area contributed by atoms with E-state index >= 15 is 0 Å². The smallest absolute Gasteiger partial charge is 0.243 e. The van der Waals surface area contributed by atoms with Crippen LogP contribution < -0.4 is 15.5 Å². The highest BCUT2D eigenvalue weighted by molar-refractivity contribution is 6.02. The Labute approximate surface area is 215 Å². The number of para-hydroxylation sites is 3. The minimum Gasteiger partial charge on any atom is -0.467 e. The van der Waals surface area contributed by atoms with Crippen LogP contribution >= 0.6 is 0 Å². The molecule has 2 aliphatic rings. The van der Waals surface area contributed by atoms with Crippen LogP contribution in [0.2, 0.25) is 0 Å². The second-order valence-electron chi connectivity index (χ2n) is 10.5. The standard InChI is InChI=1S/C30H28N4O3/c1-30(2)15-23-28(25(35)16-30)29(26-12-7-13-37-26)34(24-11-6-5-10-22(24)33-23)18-27(36)32-20-14-19-8-3-4-9-21(19)31-17-20/h3-14,17,29,33H,15-16,18H2,1-2H3,(H,32,36). The number of anilines is 3. The molecular weight excluding hydrogens is 464 g/mol. The predicted octanol–water partition coefficient (Wildman–Crippen LogP) is 6.08. The largest absolute Gasteiger partial charge is 0.467 e. The lowest BCUT2D eigenvalue weighted by atomic mass is 9.74. The molecule has 1 amide bonds. The van der Waals surface area contributed by atoms with Gasteiger partial charge in [-0.2, -0.15) is 0 Å². The molecule has 2 aromatic carbocycles. The van der Waals surface area contributed by atoms with E-state index in [-0.39, 0.29) is 23.7 Å². The number of nitrogens with zero attached hydrogens (tertiary/aromatic N) is 2. The van der Waals surface area contributed by atoms with Crippen LogP contribution in [0, 0.1) is 5.41 Å². The Morgan fingerprint density at radius 1 is 1.11 bits per heavy atom. The van der Waals surface area contributed by atoms with Crippen molar-refractivity contribution >= 4 is 39.7 Å². The van der Waals surface area contributed by atoms with Crippen LogP contribution in [0.5, 0.6) is 0 Å². The Hall–Kier alpha value is -4.39. The average molecular weight is 493 g/mol. The van der Waals surface area contributed by atoms with Gasteiger partial charge in [-0.3, -0.25) is 14.6 Å². The quantitative estimate of drug-likeness (QED) is 0.359. The fourth-order valence-electron chi connectivity index (χ4n) is 5.46. The Bertz CT molecular complexity index is 1540. The summed E-state index contributed by atoms with van der Waals surface area (Å²) in [6, 6.07) is 20.7. The zero-order chi connectivity index (χ0) is 25.6. The van der Waals surface area contributed by atoms with Crippen molar-refractivity contribution < 1.29 is 14.0 Å². The van der Waals surface area contributed by atoms with E-state index < -0.39 is 6.04 Å². The van der Waals surface area contributed by atoms with Gasteiger partial charge in [0.2, 0.25) is 5.91 Å². The molecule has 0 spiro atoms. The number of furan rings is 1. The molecule has 3 heterocycles. The first-order valence-corrected chi connectivity index (χ1v) is 12.4. The third-order valence-corrected chi connectivity index (χ3v) is 7.00. The number of rotatable bonds is 4. The van der Waals surface area contributed by atoms with Gasteiger partial charge in [-0.05, 0) is 48.2 Å². The van der Waals surface area contributed by atoms with Crippen molar-refractivity contribution in [1.82, 2.24) is 4.98 Å². The fraction of sp³-hybridized carbons (Fsp3) is 0.233. The monoisotopic (exact) mass is 492 g/mol. The number of benzene rings is 2. The summed E-state index contributed by atoms with van der Waals surface area (Å²) in [6.45, 7) is 4.24. The first kappa shape index (κ1) is 23.0. The van der Waals surface area contributed by atoms with Gasteiger partial charge in [0.05, 0.1) is 41.6 Å². The topological polar surface area (TPSA) is 87.5 Å². The second-order valence-corrected chi connectivity index (χ2v) is 10.5. The normalized spacial score (nSPS) is 18.6.